The van der Waals surface area contributed by atoms with Crippen LogP contribution < -0.4 is 0 Å². The summed E-state index contributed by atoms with van der Waals surface area (Å²) in [6.07, 6.45) is 89.8. The molecule has 0 amide bonds. The molecule has 0 rings (SSSR count). The van der Waals surface area contributed by atoms with Crippen LogP contribution in [0.4, 0.5) is 0 Å². The molecule has 0 aromatic rings. The van der Waals surface area contributed by atoms with Crippen LogP contribution in [0.25, 0.3) is 0 Å². The van der Waals surface area contributed by atoms with Gasteiger partial charge in [-0.2, -0.15) is 0 Å². The molecule has 1 unspecified atom stereocenters. The number of hydrogen-bond acceptors (Lipinski definition) is 6. The average molecular weight is 1100 g/mol. The molecule has 0 aromatic carbocycles. The van der Waals surface area contributed by atoms with Crippen LogP contribution >= 0.6 is 0 Å². The Morgan fingerprint density at radius 1 is 0.266 bits per heavy atom. The molecule has 0 N–H and O–H groups in total. The molecule has 0 aliphatic heterocycles. The molecule has 0 heterocycles. The minimum atomic E-state index is -0.790. The molecule has 0 bridgehead atoms. The van der Waals surface area contributed by atoms with Crippen molar-refractivity contribution in [3.05, 3.63) is 97.2 Å². The highest BCUT2D eigenvalue weighted by Gasteiger charge is 2.19. The molecule has 0 saturated heterocycles. The SMILES string of the molecule is CC/C=C\C/C=C\C/C=C\C/C=C\C/C=C\C/C=C\C/C=C\CCCCCCCC(=O)OCC(COC(=O)CCCCCCC/C=C\CCCCCCCCC)OC(=O)CCCCCCCCCCCCCCCCCCCC. The molecule has 454 valence electrons. The van der Waals surface area contributed by atoms with E-state index in [2.05, 4.69) is 118 Å². The fourth-order valence-corrected chi connectivity index (χ4v) is 9.54. The van der Waals surface area contributed by atoms with Crippen LogP contribution in [-0.2, 0) is 28.6 Å². The van der Waals surface area contributed by atoms with Crippen molar-refractivity contribution in [3.8, 4) is 0 Å². The Morgan fingerprint density at radius 3 is 0.785 bits per heavy atom. The molecule has 6 nitrogen and oxygen atoms in total. The second kappa shape index (κ2) is 66.8. The van der Waals surface area contributed by atoms with Gasteiger partial charge in [-0.25, -0.2) is 0 Å². The summed E-state index contributed by atoms with van der Waals surface area (Å²) in [6.45, 7) is 6.54. The molecule has 0 aliphatic carbocycles. The Hall–Kier alpha value is -3.67. The van der Waals surface area contributed by atoms with Gasteiger partial charge in [0.15, 0.2) is 6.10 Å². The third-order valence-corrected chi connectivity index (χ3v) is 14.6. The van der Waals surface area contributed by atoms with Crippen molar-refractivity contribution >= 4 is 17.9 Å². The highest BCUT2D eigenvalue weighted by molar-refractivity contribution is 5.71. The van der Waals surface area contributed by atoms with Crippen molar-refractivity contribution in [2.45, 2.75) is 335 Å². The van der Waals surface area contributed by atoms with Gasteiger partial charge in [0.05, 0.1) is 0 Å². The zero-order chi connectivity index (χ0) is 57.1. The number of ether oxygens (including phenoxy) is 3. The maximum absolute atomic E-state index is 12.9. The van der Waals surface area contributed by atoms with E-state index in [1.54, 1.807) is 0 Å². The predicted octanol–water partition coefficient (Wildman–Crippen LogP) is 23.2. The van der Waals surface area contributed by atoms with Crippen LogP contribution in [0, 0.1) is 0 Å². The van der Waals surface area contributed by atoms with Gasteiger partial charge in [0.2, 0.25) is 0 Å². The maximum Gasteiger partial charge on any atom is 0.306 e. The summed E-state index contributed by atoms with van der Waals surface area (Å²) in [5, 5.41) is 0. The van der Waals surface area contributed by atoms with Crippen molar-refractivity contribution < 1.29 is 28.6 Å². The van der Waals surface area contributed by atoms with Crippen molar-refractivity contribution in [1.29, 1.82) is 0 Å². The van der Waals surface area contributed by atoms with Gasteiger partial charge < -0.3 is 14.2 Å². The second-order valence-electron chi connectivity index (χ2n) is 22.4. The van der Waals surface area contributed by atoms with Crippen LogP contribution in [-0.4, -0.2) is 37.2 Å². The number of carbonyl (C=O) groups is 3. The van der Waals surface area contributed by atoms with E-state index in [1.807, 2.05) is 0 Å². The van der Waals surface area contributed by atoms with Gasteiger partial charge in [-0.1, -0.05) is 304 Å². The Labute approximate surface area is 489 Å². The third kappa shape index (κ3) is 65.0. The van der Waals surface area contributed by atoms with Crippen molar-refractivity contribution in [2.24, 2.45) is 0 Å². The number of esters is 3. The number of rotatable bonds is 61. The van der Waals surface area contributed by atoms with Crippen LogP contribution in [0.3, 0.4) is 0 Å². The Bertz CT molecular complexity index is 1540. The lowest BCUT2D eigenvalue weighted by Gasteiger charge is -2.18. The first kappa shape index (κ1) is 75.3. The molecular weight excluding hydrogens is 973 g/mol. The molecule has 1 atom stereocenters. The molecule has 0 fully saturated rings. The zero-order valence-corrected chi connectivity index (χ0v) is 52.1. The third-order valence-electron chi connectivity index (χ3n) is 14.6. The number of carbonyl (C=O) groups excluding carboxylic acids is 3. The summed E-state index contributed by atoms with van der Waals surface area (Å²) >= 11 is 0. The lowest BCUT2D eigenvalue weighted by molar-refractivity contribution is -0.167. The quantitative estimate of drug-likeness (QED) is 0.0261. The standard InChI is InChI=1S/C73H126O6/c1-4-7-10-13-16-19-22-25-28-31-33-34-35-36-37-38-39-40-41-43-45-48-51-54-57-60-63-66-72(75)78-69-70(68-77-71(74)65-62-59-56-53-50-47-44-30-27-24-21-18-15-12-9-6-3)79-73(76)67-64-61-58-55-52-49-46-42-32-29-26-23-20-17-14-11-8-5-2/h7,10,16,19,25,28,30,33-34,36-37,39-40,43-45,70H,4-6,8-9,11-15,17-18,20-24,26-27,29,31-32,35,38,41-42,46-69H2,1-3H3/b10-7-,19-16-,28-25-,34-33-,37-36-,40-39-,44-30-,45-43-. The minimum absolute atomic E-state index is 0.0853. The summed E-state index contributed by atoms with van der Waals surface area (Å²) in [5.74, 6) is -0.897. The topological polar surface area (TPSA) is 78.9 Å². The van der Waals surface area contributed by atoms with Gasteiger partial charge in [0.1, 0.15) is 13.2 Å². The summed E-state index contributed by atoms with van der Waals surface area (Å²) in [6, 6.07) is 0. The van der Waals surface area contributed by atoms with Crippen LogP contribution in [0.2, 0.25) is 0 Å². The van der Waals surface area contributed by atoms with Crippen LogP contribution in [0.5, 0.6) is 0 Å². The van der Waals surface area contributed by atoms with Crippen LogP contribution in [0.15, 0.2) is 97.2 Å². The molecule has 6 heteroatoms. The van der Waals surface area contributed by atoms with Crippen molar-refractivity contribution in [2.75, 3.05) is 13.2 Å². The monoisotopic (exact) mass is 1100 g/mol. The number of unbranched alkanes of at least 4 members (excludes halogenated alkanes) is 34. The van der Waals surface area contributed by atoms with E-state index in [4.69, 9.17) is 14.2 Å². The Morgan fingerprint density at radius 2 is 0.494 bits per heavy atom. The Balaban J connectivity index is 4.39. The summed E-state index contributed by atoms with van der Waals surface area (Å²) in [4.78, 5) is 38.4. The molecule has 79 heavy (non-hydrogen) atoms. The van der Waals surface area contributed by atoms with Gasteiger partial charge >= 0.3 is 17.9 Å². The van der Waals surface area contributed by atoms with E-state index in [-0.39, 0.29) is 31.1 Å². The van der Waals surface area contributed by atoms with E-state index in [0.29, 0.717) is 19.3 Å². The van der Waals surface area contributed by atoms with Gasteiger partial charge in [-0.05, 0) is 103 Å². The first-order chi connectivity index (χ1) is 39.0. The van der Waals surface area contributed by atoms with E-state index in [0.717, 1.165) is 128 Å². The lowest BCUT2D eigenvalue weighted by atomic mass is 10.0. The maximum atomic E-state index is 12.9. The van der Waals surface area contributed by atoms with Gasteiger partial charge in [-0.15, -0.1) is 0 Å². The number of hydrogen-bond donors (Lipinski definition) is 0. The van der Waals surface area contributed by atoms with Crippen LogP contribution in [0.1, 0.15) is 329 Å². The fraction of sp³-hybridized carbons (Fsp3) is 0.740. The first-order valence-corrected chi connectivity index (χ1v) is 33.7. The van der Waals surface area contributed by atoms with E-state index < -0.39 is 6.10 Å². The molecule has 0 spiro atoms. The minimum Gasteiger partial charge on any atom is -0.462 e. The number of allylic oxidation sites excluding steroid dienone is 16. The smallest absolute Gasteiger partial charge is 0.306 e. The highest BCUT2D eigenvalue weighted by Crippen LogP contribution is 2.17. The molecule has 0 aliphatic rings. The predicted molar refractivity (Wildman–Crippen MR) is 344 cm³/mol. The van der Waals surface area contributed by atoms with Gasteiger partial charge in [0, 0.05) is 19.3 Å². The molecule has 0 aromatic heterocycles. The van der Waals surface area contributed by atoms with Gasteiger partial charge in [-0.3, -0.25) is 14.4 Å². The largest absolute Gasteiger partial charge is 0.462 e. The lowest BCUT2D eigenvalue weighted by Crippen LogP contribution is -2.30. The summed E-state index contributed by atoms with van der Waals surface area (Å²) in [5.41, 5.74) is 0. The van der Waals surface area contributed by atoms with E-state index in [9.17, 15) is 14.4 Å². The molecule has 0 radical (unpaired) electrons. The summed E-state index contributed by atoms with van der Waals surface area (Å²) < 4.78 is 17.0. The fourth-order valence-electron chi connectivity index (χ4n) is 9.54. The molecular formula is C73H126O6. The second-order valence-corrected chi connectivity index (χ2v) is 22.4. The first-order valence-electron chi connectivity index (χ1n) is 33.7. The van der Waals surface area contributed by atoms with Crippen molar-refractivity contribution in [1.82, 2.24) is 0 Å². The summed E-state index contributed by atoms with van der Waals surface area (Å²) in [7, 11) is 0. The Kier molecular flexibility index (Phi) is 63.7. The zero-order valence-electron chi connectivity index (χ0n) is 52.1. The van der Waals surface area contributed by atoms with E-state index >= 15 is 0 Å². The highest BCUT2D eigenvalue weighted by atomic mass is 16.6. The average Bonchev–Trinajstić information content (AvgIpc) is 3.45. The molecule has 0 saturated carbocycles. The van der Waals surface area contributed by atoms with Gasteiger partial charge in [0.25, 0.3) is 0 Å². The normalized spacial score (nSPS) is 12.7. The van der Waals surface area contributed by atoms with E-state index in [1.165, 1.54) is 161 Å². The van der Waals surface area contributed by atoms with Crippen molar-refractivity contribution in [3.63, 3.8) is 0 Å².